The van der Waals surface area contributed by atoms with Crippen LogP contribution >= 0.6 is 22.9 Å². The Hall–Kier alpha value is -1.46. The second-order valence-corrected chi connectivity index (χ2v) is 5.38. The summed E-state index contributed by atoms with van der Waals surface area (Å²) >= 11 is 7.76. The molecule has 3 rings (SSSR count). The van der Waals surface area contributed by atoms with Crippen LogP contribution in [0, 0.1) is 0 Å². The molecule has 0 fully saturated rings. The van der Waals surface area contributed by atoms with Gasteiger partial charge in [0, 0.05) is 0 Å². The van der Waals surface area contributed by atoms with E-state index in [-0.39, 0.29) is 5.38 Å². The number of alkyl halides is 1. The molecule has 0 radical (unpaired) electrons. The van der Waals surface area contributed by atoms with Crippen molar-refractivity contribution in [1.29, 1.82) is 0 Å². The SMILES string of the molecule is CCC(Cl)c1cn(-c2ccc3ncsc3c2)nn1. The quantitative estimate of drug-likeness (QED) is 0.688. The molecule has 0 spiro atoms. The number of nitrogens with zero attached hydrogens (tertiary/aromatic N) is 4. The van der Waals surface area contributed by atoms with E-state index in [0.29, 0.717) is 0 Å². The second kappa shape index (κ2) is 4.66. The fourth-order valence-corrected chi connectivity index (χ4v) is 2.55. The molecular formula is C12H11ClN4S. The van der Waals surface area contributed by atoms with Crippen molar-refractivity contribution in [3.05, 3.63) is 35.6 Å². The molecule has 0 amide bonds. The van der Waals surface area contributed by atoms with Crippen LogP contribution in [0.2, 0.25) is 0 Å². The summed E-state index contributed by atoms with van der Waals surface area (Å²) in [6.45, 7) is 2.03. The van der Waals surface area contributed by atoms with Gasteiger partial charge in [0.1, 0.15) is 5.69 Å². The minimum absolute atomic E-state index is 0.0779. The summed E-state index contributed by atoms with van der Waals surface area (Å²) in [5.41, 5.74) is 4.63. The van der Waals surface area contributed by atoms with Gasteiger partial charge in [0.2, 0.25) is 0 Å². The smallest absolute Gasteiger partial charge is 0.101 e. The number of benzene rings is 1. The highest BCUT2D eigenvalue weighted by atomic mass is 35.5. The topological polar surface area (TPSA) is 43.6 Å². The Morgan fingerprint density at radius 2 is 2.33 bits per heavy atom. The van der Waals surface area contributed by atoms with Crippen molar-refractivity contribution in [2.24, 2.45) is 0 Å². The van der Waals surface area contributed by atoms with Crippen molar-refractivity contribution < 1.29 is 0 Å². The lowest BCUT2D eigenvalue weighted by Crippen LogP contribution is -1.94. The second-order valence-electron chi connectivity index (χ2n) is 3.97. The third-order valence-corrected chi connectivity index (χ3v) is 4.09. The maximum absolute atomic E-state index is 6.15. The molecule has 0 saturated carbocycles. The van der Waals surface area contributed by atoms with Crippen molar-refractivity contribution in [2.75, 3.05) is 0 Å². The first-order valence-electron chi connectivity index (χ1n) is 5.68. The molecule has 92 valence electrons. The highest BCUT2D eigenvalue weighted by Gasteiger charge is 2.11. The van der Waals surface area contributed by atoms with Crippen LogP contribution < -0.4 is 0 Å². The van der Waals surface area contributed by atoms with Gasteiger partial charge in [-0.05, 0) is 24.6 Å². The molecule has 0 bridgehead atoms. The van der Waals surface area contributed by atoms with Crippen LogP contribution in [0.25, 0.3) is 15.9 Å². The van der Waals surface area contributed by atoms with Crippen LogP contribution in [-0.4, -0.2) is 20.0 Å². The van der Waals surface area contributed by atoms with Gasteiger partial charge < -0.3 is 0 Å². The van der Waals surface area contributed by atoms with Crippen LogP contribution in [0.5, 0.6) is 0 Å². The predicted octanol–water partition coefficient (Wildman–Crippen LogP) is 3.57. The van der Waals surface area contributed by atoms with E-state index in [9.17, 15) is 0 Å². The Morgan fingerprint density at radius 1 is 1.44 bits per heavy atom. The van der Waals surface area contributed by atoms with Crippen LogP contribution in [0.1, 0.15) is 24.4 Å². The monoisotopic (exact) mass is 278 g/mol. The molecule has 0 aliphatic carbocycles. The van der Waals surface area contributed by atoms with Gasteiger partial charge in [0.25, 0.3) is 0 Å². The third kappa shape index (κ3) is 2.00. The normalized spacial score (nSPS) is 13.0. The Bertz CT molecular complexity index is 675. The lowest BCUT2D eigenvalue weighted by Gasteiger charge is -2.00. The van der Waals surface area contributed by atoms with E-state index in [0.717, 1.165) is 28.0 Å². The maximum atomic E-state index is 6.15. The van der Waals surface area contributed by atoms with Crippen molar-refractivity contribution in [3.8, 4) is 5.69 Å². The van der Waals surface area contributed by atoms with E-state index in [1.165, 1.54) is 0 Å². The first kappa shape index (κ1) is 11.6. The summed E-state index contributed by atoms with van der Waals surface area (Å²) in [6.07, 6.45) is 2.72. The fourth-order valence-electron chi connectivity index (χ4n) is 1.74. The summed E-state index contributed by atoms with van der Waals surface area (Å²) in [7, 11) is 0. The summed E-state index contributed by atoms with van der Waals surface area (Å²) < 4.78 is 2.89. The van der Waals surface area contributed by atoms with Gasteiger partial charge in [-0.1, -0.05) is 12.1 Å². The summed E-state index contributed by atoms with van der Waals surface area (Å²) in [4.78, 5) is 4.25. The average Bonchev–Trinajstić information content (AvgIpc) is 3.05. The molecule has 0 saturated heterocycles. The third-order valence-electron chi connectivity index (χ3n) is 2.77. The lowest BCUT2D eigenvalue weighted by atomic mass is 10.2. The molecule has 1 unspecified atom stereocenters. The molecule has 2 aromatic heterocycles. The molecule has 18 heavy (non-hydrogen) atoms. The van der Waals surface area contributed by atoms with Crippen molar-refractivity contribution in [3.63, 3.8) is 0 Å². The standard InChI is InChI=1S/C12H11ClN4S/c1-2-9(13)11-6-17(16-15-11)8-3-4-10-12(5-8)18-7-14-10/h3-7,9H,2H2,1H3. The molecule has 4 nitrogen and oxygen atoms in total. The molecule has 1 atom stereocenters. The Balaban J connectivity index is 2.00. The van der Waals surface area contributed by atoms with Gasteiger partial charge in [0.05, 0.1) is 33.0 Å². The number of rotatable bonds is 3. The zero-order valence-electron chi connectivity index (χ0n) is 9.75. The maximum Gasteiger partial charge on any atom is 0.101 e. The summed E-state index contributed by atoms with van der Waals surface area (Å²) in [5, 5.41) is 8.14. The molecule has 0 aliphatic heterocycles. The van der Waals surface area contributed by atoms with Gasteiger partial charge in [0.15, 0.2) is 0 Å². The number of aromatic nitrogens is 4. The Kier molecular flexibility index (Phi) is 3.01. The Morgan fingerprint density at radius 3 is 3.17 bits per heavy atom. The van der Waals surface area contributed by atoms with E-state index in [2.05, 4.69) is 21.4 Å². The molecule has 3 aromatic rings. The highest BCUT2D eigenvalue weighted by molar-refractivity contribution is 7.16. The zero-order chi connectivity index (χ0) is 12.5. The van der Waals surface area contributed by atoms with Crippen molar-refractivity contribution in [1.82, 2.24) is 20.0 Å². The first-order valence-corrected chi connectivity index (χ1v) is 6.99. The average molecular weight is 279 g/mol. The van der Waals surface area contributed by atoms with E-state index in [4.69, 9.17) is 11.6 Å². The Labute approximate surface area is 113 Å². The molecular weight excluding hydrogens is 268 g/mol. The van der Waals surface area contributed by atoms with Crippen LogP contribution in [0.4, 0.5) is 0 Å². The van der Waals surface area contributed by atoms with Gasteiger partial charge >= 0.3 is 0 Å². The minimum Gasteiger partial charge on any atom is -0.245 e. The molecule has 0 aliphatic rings. The molecule has 1 aromatic carbocycles. The number of fused-ring (bicyclic) bond motifs is 1. The van der Waals surface area contributed by atoms with Gasteiger partial charge in [-0.2, -0.15) is 0 Å². The zero-order valence-corrected chi connectivity index (χ0v) is 11.3. The number of thiazole rings is 1. The number of hydrogen-bond acceptors (Lipinski definition) is 4. The van der Waals surface area contributed by atoms with Crippen LogP contribution in [0.15, 0.2) is 29.9 Å². The van der Waals surface area contributed by atoms with E-state index < -0.39 is 0 Å². The number of halogens is 1. The van der Waals surface area contributed by atoms with Gasteiger partial charge in [-0.25, -0.2) is 9.67 Å². The van der Waals surface area contributed by atoms with Crippen molar-refractivity contribution in [2.45, 2.75) is 18.7 Å². The first-order chi connectivity index (χ1) is 8.78. The van der Waals surface area contributed by atoms with Crippen LogP contribution in [0.3, 0.4) is 0 Å². The van der Waals surface area contributed by atoms with Crippen LogP contribution in [-0.2, 0) is 0 Å². The van der Waals surface area contributed by atoms with Gasteiger partial charge in [-0.15, -0.1) is 28.0 Å². The van der Waals surface area contributed by atoms with Gasteiger partial charge in [-0.3, -0.25) is 0 Å². The molecule has 0 N–H and O–H groups in total. The largest absolute Gasteiger partial charge is 0.245 e. The minimum atomic E-state index is -0.0779. The summed E-state index contributed by atoms with van der Waals surface area (Å²) in [6, 6.07) is 6.02. The van der Waals surface area contributed by atoms with E-state index in [1.807, 2.05) is 30.8 Å². The molecule has 6 heteroatoms. The molecule has 2 heterocycles. The van der Waals surface area contributed by atoms with Crippen molar-refractivity contribution >= 4 is 33.2 Å². The lowest BCUT2D eigenvalue weighted by molar-refractivity contribution is 0.786. The fraction of sp³-hybridized carbons (Fsp3) is 0.250. The summed E-state index contributed by atoms with van der Waals surface area (Å²) in [5.74, 6) is 0. The van der Waals surface area contributed by atoms with E-state index >= 15 is 0 Å². The highest BCUT2D eigenvalue weighted by Crippen LogP contribution is 2.24. The number of hydrogen-bond donors (Lipinski definition) is 0. The predicted molar refractivity (Wildman–Crippen MR) is 73.4 cm³/mol. The van der Waals surface area contributed by atoms with E-state index in [1.54, 1.807) is 16.0 Å².